The van der Waals surface area contributed by atoms with Crippen molar-refractivity contribution >= 4 is 27.8 Å². The summed E-state index contributed by atoms with van der Waals surface area (Å²) in [5, 5.41) is 12.1. The largest absolute Gasteiger partial charge is 0.481 e. The minimum absolute atomic E-state index is 0.139. The molecule has 1 amide bonds. The van der Waals surface area contributed by atoms with Crippen molar-refractivity contribution in [1.29, 1.82) is 0 Å². The summed E-state index contributed by atoms with van der Waals surface area (Å²) < 4.78 is 0.862. The van der Waals surface area contributed by atoms with Gasteiger partial charge in [0.25, 0.3) is 5.91 Å². The summed E-state index contributed by atoms with van der Waals surface area (Å²) in [7, 11) is 0. The number of halogens is 1. The van der Waals surface area contributed by atoms with Crippen LogP contribution in [0.3, 0.4) is 0 Å². The standard InChI is InChI=1S/C15H20BrNO3/c1-4-15(5-2,14(19)20)9-17-13(18)11-7-6-8-12(16)10(11)3/h6-8H,4-5,9H2,1-3H3,(H,17,18)(H,19,20). The van der Waals surface area contributed by atoms with Gasteiger partial charge in [0.2, 0.25) is 0 Å². The Bertz CT molecular complexity index is 510. The van der Waals surface area contributed by atoms with Crippen LogP contribution < -0.4 is 5.32 Å². The first-order chi connectivity index (χ1) is 9.38. The monoisotopic (exact) mass is 341 g/mol. The predicted octanol–water partition coefficient (Wildman–Crippen LogP) is 3.38. The van der Waals surface area contributed by atoms with Gasteiger partial charge in [0.1, 0.15) is 0 Å². The van der Waals surface area contributed by atoms with Crippen LogP contribution in [0.1, 0.15) is 42.6 Å². The minimum Gasteiger partial charge on any atom is -0.481 e. The molecule has 0 aliphatic rings. The molecule has 0 fully saturated rings. The first-order valence-corrected chi connectivity index (χ1v) is 7.44. The smallest absolute Gasteiger partial charge is 0.311 e. The highest BCUT2D eigenvalue weighted by Gasteiger charge is 2.35. The van der Waals surface area contributed by atoms with Crippen LogP contribution in [0.4, 0.5) is 0 Å². The Hall–Kier alpha value is -1.36. The number of nitrogens with one attached hydrogen (secondary N) is 1. The molecule has 0 radical (unpaired) electrons. The molecular formula is C15H20BrNO3. The second kappa shape index (κ2) is 6.88. The topological polar surface area (TPSA) is 66.4 Å². The number of carbonyl (C=O) groups is 2. The number of carbonyl (C=O) groups excluding carboxylic acids is 1. The molecular weight excluding hydrogens is 322 g/mol. The number of aliphatic carboxylic acids is 1. The zero-order chi connectivity index (χ0) is 15.3. The van der Waals surface area contributed by atoms with Gasteiger partial charge < -0.3 is 10.4 Å². The lowest BCUT2D eigenvalue weighted by Gasteiger charge is -2.27. The second-order valence-corrected chi connectivity index (χ2v) is 5.74. The van der Waals surface area contributed by atoms with Crippen LogP contribution in [0.25, 0.3) is 0 Å². The summed E-state index contributed by atoms with van der Waals surface area (Å²) in [5.41, 5.74) is 0.514. The fourth-order valence-electron chi connectivity index (χ4n) is 2.08. The third kappa shape index (κ3) is 3.39. The Balaban J connectivity index is 2.86. The normalized spacial score (nSPS) is 11.2. The number of carboxylic acid groups (broad SMARTS) is 1. The van der Waals surface area contributed by atoms with Crippen molar-refractivity contribution in [2.24, 2.45) is 5.41 Å². The Morgan fingerprint density at radius 3 is 2.40 bits per heavy atom. The zero-order valence-electron chi connectivity index (χ0n) is 12.0. The molecule has 2 N–H and O–H groups in total. The molecule has 0 spiro atoms. The first kappa shape index (κ1) is 16.7. The van der Waals surface area contributed by atoms with Gasteiger partial charge in [0, 0.05) is 16.6 Å². The van der Waals surface area contributed by atoms with Gasteiger partial charge in [-0.3, -0.25) is 9.59 Å². The van der Waals surface area contributed by atoms with E-state index in [2.05, 4.69) is 21.2 Å². The molecule has 0 aromatic heterocycles. The maximum Gasteiger partial charge on any atom is 0.311 e. The molecule has 110 valence electrons. The van der Waals surface area contributed by atoms with Gasteiger partial charge in [-0.2, -0.15) is 0 Å². The van der Waals surface area contributed by atoms with Crippen LogP contribution in [0, 0.1) is 12.3 Å². The van der Waals surface area contributed by atoms with E-state index < -0.39 is 11.4 Å². The lowest BCUT2D eigenvalue weighted by Crippen LogP contribution is -2.42. The third-order valence-corrected chi connectivity index (χ3v) is 4.77. The van der Waals surface area contributed by atoms with E-state index in [9.17, 15) is 14.7 Å². The van der Waals surface area contributed by atoms with Gasteiger partial charge in [-0.25, -0.2) is 0 Å². The molecule has 0 heterocycles. The number of amides is 1. The second-order valence-electron chi connectivity index (χ2n) is 4.89. The summed E-state index contributed by atoms with van der Waals surface area (Å²) in [4.78, 5) is 23.6. The van der Waals surface area contributed by atoms with Gasteiger partial charge in [-0.1, -0.05) is 35.8 Å². The van der Waals surface area contributed by atoms with E-state index in [1.54, 1.807) is 12.1 Å². The average Bonchev–Trinajstić information content (AvgIpc) is 2.43. The van der Waals surface area contributed by atoms with E-state index >= 15 is 0 Å². The summed E-state index contributed by atoms with van der Waals surface area (Å²) in [6, 6.07) is 5.39. The molecule has 0 saturated heterocycles. The van der Waals surface area contributed by atoms with Gasteiger partial charge in [0.05, 0.1) is 5.41 Å². The summed E-state index contributed by atoms with van der Waals surface area (Å²) in [6.45, 7) is 5.64. The van der Waals surface area contributed by atoms with Crippen LogP contribution in [0.15, 0.2) is 22.7 Å². The molecule has 5 heteroatoms. The third-order valence-electron chi connectivity index (χ3n) is 3.91. The molecule has 0 saturated carbocycles. The molecule has 0 unspecified atom stereocenters. The van der Waals surface area contributed by atoms with Gasteiger partial charge in [-0.05, 0) is 37.5 Å². The van der Waals surface area contributed by atoms with Crippen LogP contribution in [0.2, 0.25) is 0 Å². The molecule has 0 atom stereocenters. The molecule has 1 rings (SSSR count). The van der Waals surface area contributed by atoms with E-state index in [4.69, 9.17) is 0 Å². The van der Waals surface area contributed by atoms with Crippen molar-refractivity contribution < 1.29 is 14.7 Å². The Morgan fingerprint density at radius 2 is 1.90 bits per heavy atom. The molecule has 4 nitrogen and oxygen atoms in total. The number of hydrogen-bond acceptors (Lipinski definition) is 2. The summed E-state index contributed by atoms with van der Waals surface area (Å²) >= 11 is 3.38. The highest BCUT2D eigenvalue weighted by molar-refractivity contribution is 9.10. The molecule has 1 aromatic rings. The lowest BCUT2D eigenvalue weighted by atomic mass is 9.82. The highest BCUT2D eigenvalue weighted by atomic mass is 79.9. The van der Waals surface area contributed by atoms with Crippen molar-refractivity contribution in [3.8, 4) is 0 Å². The van der Waals surface area contributed by atoms with Gasteiger partial charge in [-0.15, -0.1) is 0 Å². The van der Waals surface area contributed by atoms with Crippen molar-refractivity contribution in [2.75, 3.05) is 6.54 Å². The molecule has 20 heavy (non-hydrogen) atoms. The zero-order valence-corrected chi connectivity index (χ0v) is 13.6. The lowest BCUT2D eigenvalue weighted by molar-refractivity contribution is -0.149. The molecule has 0 aliphatic carbocycles. The Morgan fingerprint density at radius 1 is 1.30 bits per heavy atom. The van der Waals surface area contributed by atoms with E-state index in [1.165, 1.54) is 0 Å². The number of carboxylic acids is 1. The fraction of sp³-hybridized carbons (Fsp3) is 0.467. The van der Waals surface area contributed by atoms with Crippen molar-refractivity contribution in [1.82, 2.24) is 5.32 Å². The first-order valence-electron chi connectivity index (χ1n) is 6.64. The minimum atomic E-state index is -0.893. The summed E-state index contributed by atoms with van der Waals surface area (Å²) in [6.07, 6.45) is 0.965. The fourth-order valence-corrected chi connectivity index (χ4v) is 2.44. The van der Waals surface area contributed by atoms with Gasteiger partial charge in [0.15, 0.2) is 0 Å². The van der Waals surface area contributed by atoms with Crippen LogP contribution in [-0.2, 0) is 4.79 Å². The Kier molecular flexibility index (Phi) is 5.74. The van der Waals surface area contributed by atoms with E-state index in [0.29, 0.717) is 18.4 Å². The molecule has 0 aliphatic heterocycles. The molecule has 0 bridgehead atoms. The van der Waals surface area contributed by atoms with Crippen LogP contribution >= 0.6 is 15.9 Å². The SMILES string of the molecule is CCC(CC)(CNC(=O)c1cccc(Br)c1C)C(=O)O. The van der Waals surface area contributed by atoms with Crippen molar-refractivity contribution in [2.45, 2.75) is 33.6 Å². The van der Waals surface area contributed by atoms with E-state index in [-0.39, 0.29) is 12.5 Å². The maximum absolute atomic E-state index is 12.2. The number of benzene rings is 1. The Labute approximate surface area is 127 Å². The van der Waals surface area contributed by atoms with Gasteiger partial charge >= 0.3 is 5.97 Å². The van der Waals surface area contributed by atoms with Crippen LogP contribution in [-0.4, -0.2) is 23.5 Å². The number of hydrogen-bond donors (Lipinski definition) is 2. The summed E-state index contributed by atoms with van der Waals surface area (Å²) in [5.74, 6) is -1.11. The van der Waals surface area contributed by atoms with E-state index in [1.807, 2.05) is 26.8 Å². The number of rotatable bonds is 6. The highest BCUT2D eigenvalue weighted by Crippen LogP contribution is 2.26. The van der Waals surface area contributed by atoms with Crippen molar-refractivity contribution in [3.63, 3.8) is 0 Å². The maximum atomic E-state index is 12.2. The predicted molar refractivity (Wildman–Crippen MR) is 81.9 cm³/mol. The molecule has 1 aromatic carbocycles. The average molecular weight is 342 g/mol. The van der Waals surface area contributed by atoms with E-state index in [0.717, 1.165) is 10.0 Å². The van der Waals surface area contributed by atoms with Crippen molar-refractivity contribution in [3.05, 3.63) is 33.8 Å². The quantitative estimate of drug-likeness (QED) is 0.833. The van der Waals surface area contributed by atoms with Crippen LogP contribution in [0.5, 0.6) is 0 Å².